The van der Waals surface area contributed by atoms with Crippen molar-refractivity contribution in [1.82, 2.24) is 0 Å². The summed E-state index contributed by atoms with van der Waals surface area (Å²) in [4.78, 5) is 23.1. The Morgan fingerprint density at radius 1 is 1.30 bits per heavy atom. The Balaban J connectivity index is 2.11. The summed E-state index contributed by atoms with van der Waals surface area (Å²) < 4.78 is 5.77. The van der Waals surface area contributed by atoms with Crippen molar-refractivity contribution in [2.45, 2.75) is 77.3 Å². The van der Waals surface area contributed by atoms with E-state index < -0.39 is 42.8 Å². The van der Waals surface area contributed by atoms with E-state index in [-0.39, 0.29) is 24.2 Å². The predicted octanol–water partition coefficient (Wildman–Crippen LogP) is 2.36. The summed E-state index contributed by atoms with van der Waals surface area (Å²) in [6.45, 7) is 5.54. The number of carbonyl (C=O) groups is 2. The van der Waals surface area contributed by atoms with Gasteiger partial charge in [0.05, 0.1) is 24.7 Å². The van der Waals surface area contributed by atoms with Crippen LogP contribution >= 0.6 is 0 Å². The number of carboxylic acids is 1. The van der Waals surface area contributed by atoms with Crippen LogP contribution in [0.3, 0.4) is 0 Å². The molecule has 7 heteroatoms. The summed E-state index contributed by atoms with van der Waals surface area (Å²) in [6.07, 6.45) is 5.46. The Bertz CT molecular complexity index is 708. The number of esters is 1. The topological polar surface area (TPSA) is 124 Å². The first-order chi connectivity index (χ1) is 14.1. The Labute approximate surface area is 177 Å². The fourth-order valence-corrected chi connectivity index (χ4v) is 4.44. The van der Waals surface area contributed by atoms with Crippen molar-refractivity contribution in [2.24, 2.45) is 17.8 Å². The number of carboxylic acid groups (broad SMARTS) is 1. The first-order valence-corrected chi connectivity index (χ1v) is 10.6. The summed E-state index contributed by atoms with van der Waals surface area (Å²) >= 11 is 0. The molecule has 2 aliphatic carbocycles. The van der Waals surface area contributed by atoms with Crippen LogP contribution in [0, 0.1) is 17.8 Å². The van der Waals surface area contributed by atoms with E-state index in [9.17, 15) is 24.9 Å². The Morgan fingerprint density at radius 2 is 2.00 bits per heavy atom. The molecule has 0 aromatic rings. The average molecular weight is 422 g/mol. The molecular weight excluding hydrogens is 387 g/mol. The molecule has 0 radical (unpaired) electrons. The monoisotopic (exact) mass is 421 g/mol. The standard InChI is InChI=1S/C23H34O7/c1-4-13(2)23(29)30-20-11-17(25)9-15-6-5-14(3)19(22(15)20)8-7-16(24)10-18(26)12-21(27)28/h4-6,9,14,16-20,22,24-26H,7-8,10-12H2,1-3H3,(H,27,28)/b13-4+/t14-,16+,17+,18+,19-,20-,22-/m0/s1/i1-1. The highest BCUT2D eigenvalue weighted by molar-refractivity contribution is 5.87. The first kappa shape index (κ1) is 24.3. The van der Waals surface area contributed by atoms with Gasteiger partial charge in [0.2, 0.25) is 0 Å². The summed E-state index contributed by atoms with van der Waals surface area (Å²) in [5.74, 6) is -1.31. The van der Waals surface area contributed by atoms with Gasteiger partial charge in [0.25, 0.3) is 0 Å². The van der Waals surface area contributed by atoms with Crippen molar-refractivity contribution in [3.8, 4) is 0 Å². The Morgan fingerprint density at radius 3 is 2.63 bits per heavy atom. The maximum absolute atomic E-state index is 12.4. The van der Waals surface area contributed by atoms with Crippen molar-refractivity contribution in [1.29, 1.82) is 0 Å². The lowest BCUT2D eigenvalue weighted by Crippen LogP contribution is -2.42. The maximum Gasteiger partial charge on any atom is 0.333 e. The van der Waals surface area contributed by atoms with E-state index in [0.29, 0.717) is 24.8 Å². The van der Waals surface area contributed by atoms with Crippen LogP contribution in [0.25, 0.3) is 0 Å². The van der Waals surface area contributed by atoms with Crippen molar-refractivity contribution >= 4 is 11.9 Å². The van der Waals surface area contributed by atoms with Crippen LogP contribution in [0.5, 0.6) is 0 Å². The molecule has 2 aliphatic rings. The van der Waals surface area contributed by atoms with Crippen molar-refractivity contribution in [3.05, 3.63) is 35.5 Å². The number of ether oxygens (including phenoxy) is 1. The maximum atomic E-state index is 12.4. The van der Waals surface area contributed by atoms with Gasteiger partial charge in [-0.1, -0.05) is 31.2 Å². The highest BCUT2D eigenvalue weighted by atomic mass is 16.5. The number of hydrogen-bond donors (Lipinski definition) is 4. The number of aliphatic hydroxyl groups excluding tert-OH is 3. The van der Waals surface area contributed by atoms with Crippen LogP contribution in [0.15, 0.2) is 35.5 Å². The van der Waals surface area contributed by atoms with Crippen molar-refractivity contribution < 1.29 is 34.8 Å². The minimum absolute atomic E-state index is 0.00816. The normalized spacial score (nSPS) is 30.8. The zero-order valence-electron chi connectivity index (χ0n) is 17.9. The molecule has 168 valence electrons. The number of rotatable bonds is 9. The highest BCUT2D eigenvalue weighted by Crippen LogP contribution is 2.44. The lowest BCUT2D eigenvalue weighted by molar-refractivity contribution is -0.150. The molecule has 0 amide bonds. The van der Waals surface area contributed by atoms with E-state index in [0.717, 1.165) is 5.57 Å². The summed E-state index contributed by atoms with van der Waals surface area (Å²) in [6, 6.07) is 0. The van der Waals surface area contributed by atoms with Gasteiger partial charge in [0.1, 0.15) is 6.10 Å². The quantitative estimate of drug-likeness (QED) is 0.333. The molecule has 4 N–H and O–H groups in total. The van der Waals surface area contributed by atoms with Crippen LogP contribution in [-0.4, -0.2) is 56.8 Å². The molecular formula is C23H34O7. The number of fused-ring (bicyclic) bond motifs is 1. The number of aliphatic carboxylic acids is 1. The summed E-state index contributed by atoms with van der Waals surface area (Å²) in [7, 11) is 0. The van der Waals surface area contributed by atoms with Crippen LogP contribution in [0.2, 0.25) is 0 Å². The summed E-state index contributed by atoms with van der Waals surface area (Å²) in [5.41, 5.74) is 1.45. The molecule has 7 atom stereocenters. The van der Waals surface area contributed by atoms with Crippen molar-refractivity contribution in [2.75, 3.05) is 0 Å². The van der Waals surface area contributed by atoms with Gasteiger partial charge in [-0.25, -0.2) is 4.79 Å². The molecule has 0 saturated heterocycles. The number of aliphatic hydroxyl groups is 3. The van der Waals surface area contributed by atoms with Gasteiger partial charge in [-0.2, -0.15) is 0 Å². The largest absolute Gasteiger partial charge is 0.481 e. The average Bonchev–Trinajstić information content (AvgIpc) is 2.65. The van der Waals surface area contributed by atoms with E-state index in [1.165, 1.54) is 0 Å². The van der Waals surface area contributed by atoms with Crippen molar-refractivity contribution in [3.63, 3.8) is 0 Å². The zero-order chi connectivity index (χ0) is 22.4. The molecule has 0 unspecified atom stereocenters. The van der Waals surface area contributed by atoms with E-state index >= 15 is 0 Å². The number of allylic oxidation sites excluding steroid dienone is 3. The second kappa shape index (κ2) is 10.9. The third-order valence-electron chi connectivity index (χ3n) is 6.17. The second-order valence-electron chi connectivity index (χ2n) is 8.51. The predicted molar refractivity (Wildman–Crippen MR) is 111 cm³/mol. The third kappa shape index (κ3) is 6.52. The molecule has 0 saturated carbocycles. The molecule has 0 aromatic heterocycles. The Hall–Kier alpha value is -1.96. The van der Waals surface area contributed by atoms with Gasteiger partial charge in [0, 0.05) is 17.9 Å². The molecule has 0 bridgehead atoms. The summed E-state index contributed by atoms with van der Waals surface area (Å²) in [5, 5.41) is 39.0. The SMILES string of the molecule is C/C(=C\[11CH3])C(=O)O[C@H]1C[C@H](O)C=C2C=C[C@H](C)[C@H](CC[C@@H](O)C[C@@H](O)CC(=O)O)[C@H]21. The van der Waals surface area contributed by atoms with E-state index in [2.05, 4.69) is 13.0 Å². The van der Waals surface area contributed by atoms with E-state index in [1.807, 2.05) is 6.08 Å². The van der Waals surface area contributed by atoms with Gasteiger partial charge >= 0.3 is 11.9 Å². The van der Waals surface area contributed by atoms with Gasteiger partial charge in [-0.05, 0) is 50.5 Å². The Kier molecular flexibility index (Phi) is 8.82. The lowest BCUT2D eigenvalue weighted by Gasteiger charge is -2.42. The molecule has 0 spiro atoms. The van der Waals surface area contributed by atoms with Crippen LogP contribution in [-0.2, 0) is 14.3 Å². The number of carbonyl (C=O) groups excluding carboxylic acids is 1. The number of hydrogen-bond acceptors (Lipinski definition) is 6. The molecule has 30 heavy (non-hydrogen) atoms. The fourth-order valence-electron chi connectivity index (χ4n) is 4.44. The second-order valence-corrected chi connectivity index (χ2v) is 8.51. The third-order valence-corrected chi connectivity index (χ3v) is 6.17. The van der Waals surface area contributed by atoms with E-state index in [1.54, 1.807) is 26.0 Å². The smallest absolute Gasteiger partial charge is 0.333 e. The first-order valence-electron chi connectivity index (χ1n) is 10.6. The minimum Gasteiger partial charge on any atom is -0.481 e. The van der Waals surface area contributed by atoms with Crippen LogP contribution in [0.1, 0.15) is 52.9 Å². The molecule has 0 aromatic carbocycles. The molecule has 2 rings (SSSR count). The molecule has 0 fully saturated rings. The lowest BCUT2D eigenvalue weighted by atomic mass is 9.66. The fraction of sp³-hybridized carbons (Fsp3) is 0.652. The van der Waals surface area contributed by atoms with E-state index in [4.69, 9.17) is 9.84 Å². The molecule has 0 heterocycles. The minimum atomic E-state index is -1.10. The molecule has 0 aliphatic heterocycles. The van der Waals surface area contributed by atoms with Crippen LogP contribution < -0.4 is 0 Å². The zero-order valence-corrected chi connectivity index (χ0v) is 17.9. The molecule has 7 nitrogen and oxygen atoms in total. The van der Waals surface area contributed by atoms with Gasteiger partial charge in [0.15, 0.2) is 0 Å². The van der Waals surface area contributed by atoms with Gasteiger partial charge in [-0.3, -0.25) is 4.79 Å². The van der Waals surface area contributed by atoms with Gasteiger partial charge in [-0.15, -0.1) is 0 Å². The van der Waals surface area contributed by atoms with Gasteiger partial charge < -0.3 is 25.2 Å². The highest BCUT2D eigenvalue weighted by Gasteiger charge is 2.42. The van der Waals surface area contributed by atoms with Crippen LogP contribution in [0.4, 0.5) is 0 Å².